The molecule has 25 heavy (non-hydrogen) atoms. The predicted molar refractivity (Wildman–Crippen MR) is 97.8 cm³/mol. The van der Waals surface area contributed by atoms with Crippen molar-refractivity contribution in [2.75, 3.05) is 11.5 Å². The van der Waals surface area contributed by atoms with E-state index < -0.39 is 0 Å². The van der Waals surface area contributed by atoms with E-state index in [4.69, 9.17) is 0 Å². The molecule has 1 aromatic heterocycles. The number of aromatic nitrogens is 1. The van der Waals surface area contributed by atoms with Gasteiger partial charge in [-0.15, -0.1) is 11.3 Å². The molecule has 1 aromatic rings. The van der Waals surface area contributed by atoms with Crippen LogP contribution in [0.15, 0.2) is 5.38 Å². The summed E-state index contributed by atoms with van der Waals surface area (Å²) in [5.74, 6) is 2.86. The lowest BCUT2D eigenvalue weighted by atomic mass is 9.92. The van der Waals surface area contributed by atoms with Gasteiger partial charge in [-0.1, -0.05) is 6.92 Å². The number of thiazole rings is 1. The summed E-state index contributed by atoms with van der Waals surface area (Å²) in [6.07, 6.45) is 6.97. The van der Waals surface area contributed by atoms with Crippen LogP contribution in [0.1, 0.15) is 55.9 Å². The number of aliphatic hydroxyl groups is 1. The van der Waals surface area contributed by atoms with E-state index >= 15 is 0 Å². The largest absolute Gasteiger partial charge is 0.396 e. The van der Waals surface area contributed by atoms with Crippen molar-refractivity contribution in [3.8, 4) is 0 Å². The second-order valence-electron chi connectivity index (χ2n) is 8.68. The molecule has 6 heteroatoms. The van der Waals surface area contributed by atoms with Crippen LogP contribution in [0.2, 0.25) is 0 Å². The maximum absolute atomic E-state index is 12.5. The number of carbonyl (C=O) groups excluding carboxylic acids is 1. The molecule has 2 aliphatic heterocycles. The van der Waals surface area contributed by atoms with Crippen molar-refractivity contribution < 1.29 is 9.90 Å². The van der Waals surface area contributed by atoms with Crippen molar-refractivity contribution >= 4 is 22.4 Å². The monoisotopic (exact) mass is 361 g/mol. The summed E-state index contributed by atoms with van der Waals surface area (Å²) in [6, 6.07) is 1.35. The zero-order valence-corrected chi connectivity index (χ0v) is 15.5. The highest BCUT2D eigenvalue weighted by atomic mass is 32.1. The predicted octanol–water partition coefficient (Wildman–Crippen LogP) is 2.66. The van der Waals surface area contributed by atoms with Crippen LogP contribution < -0.4 is 10.2 Å². The molecule has 0 spiro atoms. The number of amides is 1. The zero-order chi connectivity index (χ0) is 17.1. The van der Waals surface area contributed by atoms with E-state index in [2.05, 4.69) is 22.1 Å². The maximum Gasteiger partial charge on any atom is 0.271 e. The number of hydrogen-bond acceptors (Lipinski definition) is 5. The lowest BCUT2D eigenvalue weighted by Gasteiger charge is -2.38. The maximum atomic E-state index is 12.5. The summed E-state index contributed by atoms with van der Waals surface area (Å²) in [4.78, 5) is 19.6. The molecule has 2 aliphatic carbocycles. The SMILES string of the molecule is C[C@@H]1C[C@H]1[C@@H]1C[C@H]1NC(=O)c1csc(N2[C@@H]3CC[C@H]2CC(CO)C3)n1. The van der Waals surface area contributed by atoms with Gasteiger partial charge in [-0.3, -0.25) is 4.79 Å². The topological polar surface area (TPSA) is 65.5 Å². The quantitative estimate of drug-likeness (QED) is 0.846. The minimum atomic E-state index is 0.000828. The standard InChI is InChI=1S/C19H27N3O2S/c1-10-4-14(10)15-7-16(15)20-18(24)17-9-25-19(21-17)22-12-2-3-13(22)6-11(5-12)8-23/h9-16,23H,2-8H2,1H3,(H,20,24)/t10-,11?,12-,13+,14-,15+,16-/m1/s1. The van der Waals surface area contributed by atoms with E-state index in [0.717, 1.165) is 36.2 Å². The molecule has 7 atom stereocenters. The number of piperidine rings is 1. The molecule has 2 bridgehead atoms. The second-order valence-corrected chi connectivity index (χ2v) is 9.52. The van der Waals surface area contributed by atoms with E-state index in [0.29, 0.717) is 42.3 Å². The first kappa shape index (κ1) is 16.1. The second kappa shape index (κ2) is 5.95. The molecule has 1 amide bonds. The van der Waals surface area contributed by atoms with Crippen molar-refractivity contribution in [1.29, 1.82) is 0 Å². The number of aliphatic hydroxyl groups excluding tert-OH is 1. The van der Waals surface area contributed by atoms with Crippen molar-refractivity contribution in [3.05, 3.63) is 11.1 Å². The Morgan fingerprint density at radius 3 is 2.64 bits per heavy atom. The number of nitrogens with zero attached hydrogens (tertiary/aromatic N) is 2. The van der Waals surface area contributed by atoms with E-state index in [1.54, 1.807) is 11.3 Å². The molecule has 1 unspecified atom stereocenters. The number of nitrogens with one attached hydrogen (secondary N) is 1. The Morgan fingerprint density at radius 1 is 1.28 bits per heavy atom. The van der Waals surface area contributed by atoms with Gasteiger partial charge in [0.05, 0.1) is 0 Å². The van der Waals surface area contributed by atoms with Gasteiger partial charge < -0.3 is 15.3 Å². The molecule has 4 aliphatic rings. The van der Waals surface area contributed by atoms with Gasteiger partial charge in [0, 0.05) is 30.1 Å². The minimum absolute atomic E-state index is 0.000828. The highest BCUT2D eigenvalue weighted by Gasteiger charge is 2.52. The molecule has 2 saturated heterocycles. The molecular formula is C19H27N3O2S. The summed E-state index contributed by atoms with van der Waals surface area (Å²) in [6.45, 7) is 2.61. The van der Waals surface area contributed by atoms with Gasteiger partial charge in [0.2, 0.25) is 0 Å². The van der Waals surface area contributed by atoms with Crippen LogP contribution in [0.5, 0.6) is 0 Å². The van der Waals surface area contributed by atoms with Crippen molar-refractivity contribution in [1.82, 2.24) is 10.3 Å². The van der Waals surface area contributed by atoms with Crippen molar-refractivity contribution in [3.63, 3.8) is 0 Å². The van der Waals surface area contributed by atoms with Gasteiger partial charge in [0.25, 0.3) is 5.91 Å². The average molecular weight is 362 g/mol. The fourth-order valence-electron chi connectivity index (χ4n) is 5.28. The van der Waals surface area contributed by atoms with Gasteiger partial charge in [0.15, 0.2) is 5.13 Å². The summed E-state index contributed by atoms with van der Waals surface area (Å²) in [7, 11) is 0. The minimum Gasteiger partial charge on any atom is -0.396 e. The fourth-order valence-corrected chi connectivity index (χ4v) is 6.23. The number of carbonyl (C=O) groups is 1. The van der Waals surface area contributed by atoms with Crippen LogP contribution >= 0.6 is 11.3 Å². The lowest BCUT2D eigenvalue weighted by molar-refractivity contribution is 0.0944. The highest BCUT2D eigenvalue weighted by molar-refractivity contribution is 7.14. The van der Waals surface area contributed by atoms with E-state index in [-0.39, 0.29) is 5.91 Å². The Kier molecular flexibility index (Phi) is 3.82. The Balaban J connectivity index is 1.23. The number of fused-ring (bicyclic) bond motifs is 2. The van der Waals surface area contributed by atoms with Gasteiger partial charge in [0.1, 0.15) is 5.69 Å². The number of rotatable bonds is 5. The lowest BCUT2D eigenvalue weighted by Crippen LogP contribution is -2.43. The smallest absolute Gasteiger partial charge is 0.271 e. The van der Waals surface area contributed by atoms with Crippen LogP contribution in [0, 0.1) is 23.7 Å². The van der Waals surface area contributed by atoms with Crippen LogP contribution in [0.3, 0.4) is 0 Å². The third-order valence-electron chi connectivity index (χ3n) is 6.91. The molecule has 3 heterocycles. The van der Waals surface area contributed by atoms with Crippen LogP contribution in [0.25, 0.3) is 0 Å². The Bertz CT molecular complexity index is 663. The third-order valence-corrected chi connectivity index (χ3v) is 7.77. The van der Waals surface area contributed by atoms with Crippen LogP contribution in [-0.2, 0) is 0 Å². The van der Waals surface area contributed by atoms with E-state index in [1.807, 2.05) is 5.38 Å². The van der Waals surface area contributed by atoms with Gasteiger partial charge in [-0.05, 0) is 62.2 Å². The zero-order valence-electron chi connectivity index (χ0n) is 14.7. The molecule has 4 fully saturated rings. The van der Waals surface area contributed by atoms with E-state index in [1.165, 1.54) is 19.3 Å². The Morgan fingerprint density at radius 2 is 2.00 bits per heavy atom. The first-order chi connectivity index (χ1) is 12.1. The first-order valence-electron chi connectivity index (χ1n) is 9.79. The van der Waals surface area contributed by atoms with Gasteiger partial charge in [-0.25, -0.2) is 4.98 Å². The average Bonchev–Trinajstić information content (AvgIpc) is 3.43. The van der Waals surface area contributed by atoms with Crippen LogP contribution in [-0.4, -0.2) is 40.7 Å². The summed E-state index contributed by atoms with van der Waals surface area (Å²) in [5.41, 5.74) is 0.582. The van der Waals surface area contributed by atoms with Crippen molar-refractivity contribution in [2.45, 2.75) is 63.6 Å². The first-order valence-corrected chi connectivity index (χ1v) is 10.7. The molecular weight excluding hydrogens is 334 g/mol. The Labute approximate surface area is 152 Å². The fraction of sp³-hybridized carbons (Fsp3) is 0.789. The van der Waals surface area contributed by atoms with Gasteiger partial charge >= 0.3 is 0 Å². The van der Waals surface area contributed by atoms with Crippen molar-refractivity contribution in [2.24, 2.45) is 23.7 Å². The third kappa shape index (κ3) is 2.87. The highest BCUT2D eigenvalue weighted by Crippen LogP contribution is 2.54. The summed E-state index contributed by atoms with van der Waals surface area (Å²) >= 11 is 1.60. The molecule has 0 aromatic carbocycles. The van der Waals surface area contributed by atoms with Gasteiger partial charge in [-0.2, -0.15) is 0 Å². The van der Waals surface area contributed by atoms with E-state index in [9.17, 15) is 9.90 Å². The normalized spacial score (nSPS) is 41.7. The molecule has 2 saturated carbocycles. The molecule has 0 radical (unpaired) electrons. The molecule has 136 valence electrons. The summed E-state index contributed by atoms with van der Waals surface area (Å²) < 4.78 is 0. The summed E-state index contributed by atoms with van der Waals surface area (Å²) in [5, 5.41) is 15.6. The molecule has 5 nitrogen and oxygen atoms in total. The number of anilines is 1. The molecule has 5 rings (SSSR count). The van der Waals surface area contributed by atoms with Crippen LogP contribution in [0.4, 0.5) is 5.13 Å². The Hall–Kier alpha value is -1.14. The molecule has 2 N–H and O–H groups in total. The number of hydrogen-bond donors (Lipinski definition) is 2.